The molecule has 0 fully saturated rings. The van der Waals surface area contributed by atoms with Crippen LogP contribution in [0.3, 0.4) is 0 Å². The lowest BCUT2D eigenvalue weighted by atomic mass is 10.0. The summed E-state index contributed by atoms with van der Waals surface area (Å²) in [6, 6.07) is 1.62. The van der Waals surface area contributed by atoms with E-state index in [1.807, 2.05) is 6.08 Å². The van der Waals surface area contributed by atoms with Crippen LogP contribution in [0.4, 0.5) is 0 Å². The standard InChI is InChI=1S/C13H16ClNO2/c1-2-5-15-6-3-9-8-11(16)13(17)12(14)10(9)4-7-15/h2,8,16-17H,1,3-7H2. The number of hydrogen-bond acceptors (Lipinski definition) is 3. The average Bonchev–Trinajstić information content (AvgIpc) is 2.50. The Balaban J connectivity index is 2.31. The molecule has 0 bridgehead atoms. The second kappa shape index (κ2) is 4.98. The van der Waals surface area contributed by atoms with E-state index in [1.54, 1.807) is 6.07 Å². The minimum absolute atomic E-state index is 0.133. The summed E-state index contributed by atoms with van der Waals surface area (Å²) in [5.74, 6) is -0.339. The molecule has 2 rings (SSSR count). The van der Waals surface area contributed by atoms with Gasteiger partial charge in [0.2, 0.25) is 0 Å². The summed E-state index contributed by atoms with van der Waals surface area (Å²) in [4.78, 5) is 2.28. The Morgan fingerprint density at radius 2 is 2.06 bits per heavy atom. The van der Waals surface area contributed by atoms with Gasteiger partial charge in [-0.05, 0) is 30.0 Å². The quantitative estimate of drug-likeness (QED) is 0.628. The topological polar surface area (TPSA) is 43.7 Å². The lowest BCUT2D eigenvalue weighted by molar-refractivity contribution is 0.318. The van der Waals surface area contributed by atoms with E-state index in [2.05, 4.69) is 11.5 Å². The minimum atomic E-state index is -0.206. The summed E-state index contributed by atoms with van der Waals surface area (Å²) in [5.41, 5.74) is 1.98. The Hall–Kier alpha value is -1.19. The Morgan fingerprint density at radius 1 is 1.35 bits per heavy atom. The number of benzene rings is 1. The van der Waals surface area contributed by atoms with Crippen molar-refractivity contribution in [3.8, 4) is 11.5 Å². The molecule has 0 spiro atoms. The summed E-state index contributed by atoms with van der Waals surface area (Å²) in [7, 11) is 0. The highest BCUT2D eigenvalue weighted by Gasteiger charge is 2.19. The van der Waals surface area contributed by atoms with Crippen molar-refractivity contribution in [3.05, 3.63) is 34.9 Å². The van der Waals surface area contributed by atoms with Gasteiger partial charge in [0.25, 0.3) is 0 Å². The Morgan fingerprint density at radius 3 is 2.76 bits per heavy atom. The van der Waals surface area contributed by atoms with Crippen LogP contribution in [-0.4, -0.2) is 34.7 Å². The zero-order chi connectivity index (χ0) is 12.4. The fraction of sp³-hybridized carbons (Fsp3) is 0.385. The van der Waals surface area contributed by atoms with Crippen LogP contribution in [-0.2, 0) is 12.8 Å². The van der Waals surface area contributed by atoms with Crippen LogP contribution in [0.15, 0.2) is 18.7 Å². The first-order valence-electron chi connectivity index (χ1n) is 5.69. The molecule has 0 aromatic heterocycles. The number of phenolic OH excluding ortho intramolecular Hbond substituents is 2. The molecule has 2 N–H and O–H groups in total. The minimum Gasteiger partial charge on any atom is -0.504 e. The maximum absolute atomic E-state index is 9.61. The monoisotopic (exact) mass is 253 g/mol. The third-order valence-corrected chi connectivity index (χ3v) is 3.58. The first kappa shape index (κ1) is 12.3. The molecule has 1 heterocycles. The van der Waals surface area contributed by atoms with Crippen LogP contribution >= 0.6 is 11.6 Å². The summed E-state index contributed by atoms with van der Waals surface area (Å²) in [5, 5.41) is 19.5. The van der Waals surface area contributed by atoms with Gasteiger partial charge in [-0.25, -0.2) is 0 Å². The van der Waals surface area contributed by atoms with Gasteiger partial charge in [0.05, 0.1) is 5.02 Å². The van der Waals surface area contributed by atoms with E-state index in [9.17, 15) is 10.2 Å². The predicted molar refractivity (Wildman–Crippen MR) is 68.8 cm³/mol. The van der Waals surface area contributed by atoms with Gasteiger partial charge in [-0.15, -0.1) is 6.58 Å². The predicted octanol–water partition coefficient (Wildman–Crippen LogP) is 2.34. The lowest BCUT2D eigenvalue weighted by Gasteiger charge is -2.16. The SMILES string of the molecule is C=CCN1CCc2cc(O)c(O)c(Cl)c2CC1. The molecule has 1 aliphatic heterocycles. The first-order valence-corrected chi connectivity index (χ1v) is 6.06. The van der Waals surface area contributed by atoms with E-state index in [0.29, 0.717) is 5.02 Å². The van der Waals surface area contributed by atoms with E-state index in [-0.39, 0.29) is 11.5 Å². The van der Waals surface area contributed by atoms with E-state index >= 15 is 0 Å². The fourth-order valence-corrected chi connectivity index (χ4v) is 2.55. The second-order valence-corrected chi connectivity index (χ2v) is 4.66. The molecular formula is C13H16ClNO2. The summed E-state index contributed by atoms with van der Waals surface area (Å²) in [6.07, 6.45) is 3.50. The van der Waals surface area contributed by atoms with Crippen molar-refractivity contribution < 1.29 is 10.2 Å². The molecule has 0 saturated carbocycles. The molecule has 17 heavy (non-hydrogen) atoms. The number of halogens is 1. The maximum Gasteiger partial charge on any atom is 0.176 e. The number of fused-ring (bicyclic) bond motifs is 1. The zero-order valence-corrected chi connectivity index (χ0v) is 10.4. The van der Waals surface area contributed by atoms with Crippen LogP contribution in [0.1, 0.15) is 11.1 Å². The van der Waals surface area contributed by atoms with Gasteiger partial charge >= 0.3 is 0 Å². The van der Waals surface area contributed by atoms with Crippen molar-refractivity contribution in [1.82, 2.24) is 4.90 Å². The zero-order valence-electron chi connectivity index (χ0n) is 9.62. The van der Waals surface area contributed by atoms with E-state index in [1.165, 1.54) is 0 Å². The van der Waals surface area contributed by atoms with Crippen LogP contribution < -0.4 is 0 Å². The molecule has 0 atom stereocenters. The van der Waals surface area contributed by atoms with Crippen molar-refractivity contribution in [1.29, 1.82) is 0 Å². The Bertz CT molecular complexity index is 446. The first-order chi connectivity index (χ1) is 8.13. The summed E-state index contributed by atoms with van der Waals surface area (Å²) < 4.78 is 0. The van der Waals surface area contributed by atoms with Crippen molar-refractivity contribution in [3.63, 3.8) is 0 Å². The molecular weight excluding hydrogens is 238 g/mol. The van der Waals surface area contributed by atoms with Crippen LogP contribution in [0.25, 0.3) is 0 Å². The number of nitrogens with zero attached hydrogens (tertiary/aromatic N) is 1. The smallest absolute Gasteiger partial charge is 0.176 e. The maximum atomic E-state index is 9.61. The molecule has 3 nitrogen and oxygen atoms in total. The number of phenols is 2. The lowest BCUT2D eigenvalue weighted by Crippen LogP contribution is -2.26. The highest BCUT2D eigenvalue weighted by atomic mass is 35.5. The van der Waals surface area contributed by atoms with Gasteiger partial charge in [0.1, 0.15) is 0 Å². The average molecular weight is 254 g/mol. The van der Waals surface area contributed by atoms with Gasteiger partial charge in [-0.1, -0.05) is 17.7 Å². The largest absolute Gasteiger partial charge is 0.504 e. The van der Waals surface area contributed by atoms with Crippen molar-refractivity contribution in [2.75, 3.05) is 19.6 Å². The Labute approximate surface area is 106 Å². The molecule has 0 aliphatic carbocycles. The molecule has 0 saturated heterocycles. The highest BCUT2D eigenvalue weighted by molar-refractivity contribution is 6.33. The molecule has 92 valence electrons. The molecule has 1 aromatic rings. The number of aromatic hydroxyl groups is 2. The van der Waals surface area contributed by atoms with E-state index < -0.39 is 0 Å². The normalized spacial score (nSPS) is 16.3. The third kappa shape index (κ3) is 2.40. The third-order valence-electron chi connectivity index (χ3n) is 3.18. The second-order valence-electron chi connectivity index (χ2n) is 4.29. The molecule has 1 aliphatic rings. The van der Waals surface area contributed by atoms with Crippen molar-refractivity contribution in [2.45, 2.75) is 12.8 Å². The van der Waals surface area contributed by atoms with Gasteiger partial charge in [-0.2, -0.15) is 0 Å². The molecule has 4 heteroatoms. The summed E-state index contributed by atoms with van der Waals surface area (Å²) >= 11 is 6.07. The molecule has 1 aromatic carbocycles. The molecule has 0 radical (unpaired) electrons. The highest BCUT2D eigenvalue weighted by Crippen LogP contribution is 2.39. The van der Waals surface area contributed by atoms with E-state index in [4.69, 9.17) is 11.6 Å². The number of rotatable bonds is 2. The van der Waals surface area contributed by atoms with Crippen LogP contribution in [0.2, 0.25) is 5.02 Å². The molecule has 0 unspecified atom stereocenters. The fourth-order valence-electron chi connectivity index (χ4n) is 2.24. The summed E-state index contributed by atoms with van der Waals surface area (Å²) in [6.45, 7) is 6.39. The van der Waals surface area contributed by atoms with Gasteiger partial charge in [0.15, 0.2) is 11.5 Å². The van der Waals surface area contributed by atoms with Crippen molar-refractivity contribution >= 4 is 11.6 Å². The van der Waals surface area contributed by atoms with Crippen LogP contribution in [0, 0.1) is 0 Å². The van der Waals surface area contributed by atoms with Gasteiger partial charge in [-0.3, -0.25) is 4.90 Å². The van der Waals surface area contributed by atoms with Crippen molar-refractivity contribution in [2.24, 2.45) is 0 Å². The molecule has 0 amide bonds. The Kier molecular flexibility index (Phi) is 3.60. The number of hydrogen-bond donors (Lipinski definition) is 2. The van der Waals surface area contributed by atoms with E-state index in [0.717, 1.165) is 43.6 Å². The van der Waals surface area contributed by atoms with Gasteiger partial charge < -0.3 is 10.2 Å². The van der Waals surface area contributed by atoms with Crippen LogP contribution in [0.5, 0.6) is 11.5 Å². The van der Waals surface area contributed by atoms with Gasteiger partial charge in [0, 0.05) is 19.6 Å².